The molecule has 18 nitrogen and oxygen atoms in total. The second-order valence-corrected chi connectivity index (χ2v) is 5.50. The fraction of sp³-hybridized carbons (Fsp3) is 0.375. The van der Waals surface area contributed by atoms with Gasteiger partial charge in [-0.1, -0.05) is 13.8 Å². The molecular weight excluding hydrogens is 585 g/mol. The fourth-order valence-electron chi connectivity index (χ4n) is 2.16. The molecule has 19 heteroatoms. The van der Waals surface area contributed by atoms with Crippen molar-refractivity contribution in [2.45, 2.75) is 39.5 Å². The zero-order valence-electron chi connectivity index (χ0n) is 18.8. The number of hydrogen-bond donors (Lipinski definition) is 4. The first kappa shape index (κ1) is 49.2. The largest absolute Gasteiger partial charge is 2.00 e. The molecule has 0 unspecified atom stereocenters. The van der Waals surface area contributed by atoms with Crippen LogP contribution < -0.4 is 10.2 Å². The molecule has 16 N–H and O–H groups in total. The Labute approximate surface area is 217 Å². The number of aromatic nitrogens is 4. The standard InChI is InChI=1S/2C8H10N2O4.Cd.6H2O/c2*1-2-3-4-9-5(7(11)12)6(10-4)8(13)14;;;;;;;/h2*2-3H2,1H3,(H,9,10)(H,11,12)(H,13,14);;6*1H2/q;;+2;;;;;;/p-2. The molecule has 0 saturated heterocycles. The third kappa shape index (κ3) is 14.1. The number of carboxylic acids is 4. The van der Waals surface area contributed by atoms with Crippen LogP contribution in [0.4, 0.5) is 0 Å². The van der Waals surface area contributed by atoms with Crippen LogP contribution in [0.1, 0.15) is 80.3 Å². The van der Waals surface area contributed by atoms with Gasteiger partial charge >= 0.3 is 39.2 Å². The summed E-state index contributed by atoms with van der Waals surface area (Å²) in [5, 5.41) is 38.2. The normalized spacial score (nSPS) is 8.06. The second kappa shape index (κ2) is 22.8. The molecule has 0 aliphatic carbocycles. The van der Waals surface area contributed by atoms with Gasteiger partial charge in [0.1, 0.15) is 23.0 Å². The molecule has 200 valence electrons. The summed E-state index contributed by atoms with van der Waals surface area (Å²) in [4.78, 5) is 54.2. The summed E-state index contributed by atoms with van der Waals surface area (Å²) in [6, 6.07) is 0. The van der Waals surface area contributed by atoms with E-state index in [0.29, 0.717) is 24.5 Å². The number of rotatable bonds is 8. The van der Waals surface area contributed by atoms with Crippen LogP contribution in [0.3, 0.4) is 0 Å². The summed E-state index contributed by atoms with van der Waals surface area (Å²) in [5.41, 5.74) is -1.93. The number of nitrogens with zero attached hydrogens (tertiary/aromatic N) is 2. The van der Waals surface area contributed by atoms with Crippen molar-refractivity contribution in [1.29, 1.82) is 0 Å². The van der Waals surface area contributed by atoms with Gasteiger partial charge in [-0.15, -0.1) is 0 Å². The number of aromatic amines is 2. The quantitative estimate of drug-likeness (QED) is 0.204. The summed E-state index contributed by atoms with van der Waals surface area (Å²) in [7, 11) is 0. The van der Waals surface area contributed by atoms with Crippen molar-refractivity contribution in [3.63, 3.8) is 0 Å². The minimum Gasteiger partial charge on any atom is -0.543 e. The molecule has 35 heavy (non-hydrogen) atoms. The Morgan fingerprint density at radius 3 is 1.09 bits per heavy atom. The fourth-order valence-corrected chi connectivity index (χ4v) is 2.16. The van der Waals surface area contributed by atoms with E-state index in [1.54, 1.807) is 0 Å². The van der Waals surface area contributed by atoms with E-state index < -0.39 is 46.7 Å². The van der Waals surface area contributed by atoms with Crippen molar-refractivity contribution in [2.24, 2.45) is 0 Å². The van der Waals surface area contributed by atoms with E-state index in [4.69, 9.17) is 10.2 Å². The molecule has 2 aromatic rings. The molecule has 0 fully saturated rings. The van der Waals surface area contributed by atoms with Gasteiger partial charge in [-0.3, -0.25) is 0 Å². The maximum atomic E-state index is 10.6. The average molecular weight is 615 g/mol. The molecule has 2 heterocycles. The molecule has 0 aliphatic rings. The van der Waals surface area contributed by atoms with Gasteiger partial charge in [-0.25, -0.2) is 19.6 Å². The smallest absolute Gasteiger partial charge is 0.543 e. The molecule has 0 atom stereocenters. The molecule has 2 aromatic heterocycles. The number of imidazole rings is 2. The molecule has 0 aromatic carbocycles. The van der Waals surface area contributed by atoms with E-state index in [1.165, 1.54) is 0 Å². The van der Waals surface area contributed by atoms with Gasteiger partial charge < -0.3 is 72.8 Å². The van der Waals surface area contributed by atoms with Crippen LogP contribution >= 0.6 is 0 Å². The number of carbonyl (C=O) groups excluding carboxylic acids is 2. The Bertz CT molecular complexity index is 764. The van der Waals surface area contributed by atoms with Gasteiger partial charge in [0.15, 0.2) is 11.4 Å². The van der Waals surface area contributed by atoms with E-state index in [1.807, 2.05) is 13.8 Å². The predicted octanol–water partition coefficient (Wildman–Crippen LogP) is -6.10. The predicted molar refractivity (Wildman–Crippen MR) is 109 cm³/mol. The molecule has 0 spiro atoms. The van der Waals surface area contributed by atoms with E-state index in [0.717, 1.165) is 12.8 Å². The van der Waals surface area contributed by atoms with Crippen LogP contribution in [0.2, 0.25) is 0 Å². The summed E-state index contributed by atoms with van der Waals surface area (Å²) >= 11 is 0. The Balaban J connectivity index is -0.0000000747. The van der Waals surface area contributed by atoms with Gasteiger partial charge in [0, 0.05) is 12.8 Å². The average Bonchev–Trinajstić information content (AvgIpc) is 3.21. The van der Waals surface area contributed by atoms with Crippen molar-refractivity contribution < 1.29 is 99.8 Å². The SMILES string of the molecule is CCCc1nc(C(=O)[O-])c(C(=O)O)[nH]1.CCCc1nc(C(=O)[O-])c(C(=O)O)[nH]1.O.O.O.O.O.O.[Cd+2]. The van der Waals surface area contributed by atoms with Crippen molar-refractivity contribution in [2.75, 3.05) is 0 Å². The summed E-state index contributed by atoms with van der Waals surface area (Å²) in [6.45, 7) is 3.75. The van der Waals surface area contributed by atoms with Crippen LogP contribution in [0, 0.1) is 0 Å². The van der Waals surface area contributed by atoms with Gasteiger partial charge in [0.05, 0.1) is 11.9 Å². The van der Waals surface area contributed by atoms with Crippen LogP contribution in [-0.2, 0) is 40.1 Å². The van der Waals surface area contributed by atoms with E-state index >= 15 is 0 Å². The molecule has 0 amide bonds. The Morgan fingerprint density at radius 2 is 0.943 bits per heavy atom. The Kier molecular flexibility index (Phi) is 32.0. The number of carboxylic acid groups (broad SMARTS) is 4. The van der Waals surface area contributed by atoms with Crippen LogP contribution in [0.15, 0.2) is 0 Å². The summed E-state index contributed by atoms with van der Waals surface area (Å²) < 4.78 is 0. The minimum atomic E-state index is -1.58. The first-order chi connectivity index (χ1) is 13.1. The van der Waals surface area contributed by atoms with Crippen molar-refractivity contribution >= 4 is 23.9 Å². The van der Waals surface area contributed by atoms with Crippen LogP contribution in [0.5, 0.6) is 0 Å². The van der Waals surface area contributed by atoms with E-state index in [2.05, 4.69) is 19.9 Å². The zero-order chi connectivity index (χ0) is 21.4. The zero-order valence-corrected chi connectivity index (χ0v) is 22.8. The Morgan fingerprint density at radius 1 is 0.686 bits per heavy atom. The number of aryl methyl sites for hydroxylation is 2. The number of aromatic carboxylic acids is 4. The molecule has 2 rings (SSSR count). The van der Waals surface area contributed by atoms with Crippen LogP contribution in [0.25, 0.3) is 0 Å². The number of hydrogen-bond acceptors (Lipinski definition) is 8. The van der Waals surface area contributed by atoms with Crippen molar-refractivity contribution in [3.8, 4) is 0 Å². The number of H-pyrrole nitrogens is 2. The first-order valence-electron chi connectivity index (χ1n) is 8.19. The monoisotopic (exact) mass is 616 g/mol. The molecule has 0 bridgehead atoms. The minimum absolute atomic E-state index is 0. The topological polar surface area (TPSA) is 401 Å². The van der Waals surface area contributed by atoms with Gasteiger partial charge in [-0.2, -0.15) is 0 Å². The van der Waals surface area contributed by atoms with E-state index in [-0.39, 0.29) is 60.2 Å². The van der Waals surface area contributed by atoms with Crippen molar-refractivity contribution in [3.05, 3.63) is 34.4 Å². The first-order valence-corrected chi connectivity index (χ1v) is 8.19. The molecule has 0 aliphatic heterocycles. The second-order valence-electron chi connectivity index (χ2n) is 5.50. The van der Waals surface area contributed by atoms with Gasteiger partial charge in [0.2, 0.25) is 0 Å². The molecule has 0 saturated carbocycles. The third-order valence-corrected chi connectivity index (χ3v) is 3.29. The van der Waals surface area contributed by atoms with Crippen LogP contribution in [-0.4, -0.2) is 86.9 Å². The molecular formula is C16H30CdN4O14. The van der Waals surface area contributed by atoms with Crippen molar-refractivity contribution in [1.82, 2.24) is 19.9 Å². The van der Waals surface area contributed by atoms with Gasteiger partial charge in [0.25, 0.3) is 0 Å². The third-order valence-electron chi connectivity index (χ3n) is 3.29. The maximum Gasteiger partial charge on any atom is 2.00 e. The summed E-state index contributed by atoms with van der Waals surface area (Å²) in [6.07, 6.45) is 2.51. The number of carbonyl (C=O) groups is 4. The number of nitrogens with one attached hydrogen (secondary N) is 2. The maximum absolute atomic E-state index is 10.6. The summed E-state index contributed by atoms with van der Waals surface area (Å²) in [5.74, 6) is -5.16. The van der Waals surface area contributed by atoms with Gasteiger partial charge in [-0.05, 0) is 12.8 Å². The molecule has 0 radical (unpaired) electrons. The Hall–Kier alpha value is -3.02. The van der Waals surface area contributed by atoms with E-state index in [9.17, 15) is 29.4 Å².